The summed E-state index contributed by atoms with van der Waals surface area (Å²) < 4.78 is 28.4. The fourth-order valence-electron chi connectivity index (χ4n) is 3.46. The molecule has 1 fully saturated rings. The number of piperidine rings is 1. The van der Waals surface area contributed by atoms with E-state index in [2.05, 4.69) is 10.6 Å². The number of primary sulfonamides is 1. The first kappa shape index (κ1) is 25.3. The van der Waals surface area contributed by atoms with Crippen molar-refractivity contribution < 1.29 is 22.7 Å². The molecule has 0 radical (unpaired) electrons. The van der Waals surface area contributed by atoms with Gasteiger partial charge in [-0.25, -0.2) is 13.6 Å². The standard InChI is InChI=1S/C21H34N4O5S/c1-15(2)30-13-5-10-23-21(27)17-8-11-25(12-9-17)16(3)20(26)24-18-6-4-7-19(14-18)31(22,28)29/h4,6-7,14-17H,5,8-13H2,1-3H3,(H,23,27)(H,24,26)(H2,22,28,29). The molecule has 0 spiro atoms. The number of anilines is 1. The van der Waals surface area contributed by atoms with Gasteiger partial charge in [0, 0.05) is 24.8 Å². The van der Waals surface area contributed by atoms with E-state index in [1.54, 1.807) is 13.0 Å². The zero-order valence-corrected chi connectivity index (χ0v) is 19.3. The van der Waals surface area contributed by atoms with Gasteiger partial charge in [0.05, 0.1) is 17.0 Å². The van der Waals surface area contributed by atoms with Crippen molar-refractivity contribution in [3.63, 3.8) is 0 Å². The Hall–Kier alpha value is -2.01. The summed E-state index contributed by atoms with van der Waals surface area (Å²) in [6.45, 7) is 8.27. The second-order valence-electron chi connectivity index (χ2n) is 8.11. The average molecular weight is 455 g/mol. The topological polar surface area (TPSA) is 131 Å². The molecule has 1 unspecified atom stereocenters. The van der Waals surface area contributed by atoms with Crippen LogP contribution in [-0.2, 0) is 24.3 Å². The molecule has 10 heteroatoms. The Morgan fingerprint density at radius 2 is 1.90 bits per heavy atom. The Morgan fingerprint density at radius 3 is 2.52 bits per heavy atom. The van der Waals surface area contributed by atoms with Gasteiger partial charge in [0.1, 0.15) is 0 Å². The van der Waals surface area contributed by atoms with Gasteiger partial charge < -0.3 is 15.4 Å². The second-order valence-corrected chi connectivity index (χ2v) is 9.67. The summed E-state index contributed by atoms with van der Waals surface area (Å²) in [5.41, 5.74) is 0.374. The Bertz CT molecular complexity index is 851. The van der Waals surface area contributed by atoms with Crippen LogP contribution >= 0.6 is 0 Å². The summed E-state index contributed by atoms with van der Waals surface area (Å²) in [6, 6.07) is 5.45. The second kappa shape index (κ2) is 11.6. The minimum absolute atomic E-state index is 0.0519. The molecule has 1 heterocycles. The first-order chi connectivity index (χ1) is 14.6. The summed E-state index contributed by atoms with van der Waals surface area (Å²) in [4.78, 5) is 26.9. The highest BCUT2D eigenvalue weighted by Crippen LogP contribution is 2.20. The molecule has 1 aliphatic rings. The van der Waals surface area contributed by atoms with E-state index in [-0.39, 0.29) is 28.7 Å². The number of ether oxygens (including phenoxy) is 1. The van der Waals surface area contributed by atoms with E-state index in [0.29, 0.717) is 44.8 Å². The van der Waals surface area contributed by atoms with E-state index in [1.165, 1.54) is 18.2 Å². The highest BCUT2D eigenvalue weighted by atomic mass is 32.2. The molecule has 1 saturated heterocycles. The molecule has 0 saturated carbocycles. The molecule has 2 rings (SSSR count). The van der Waals surface area contributed by atoms with Gasteiger partial charge in [-0.05, 0) is 71.3 Å². The van der Waals surface area contributed by atoms with Crippen molar-refractivity contribution in [2.45, 2.75) is 57.1 Å². The minimum Gasteiger partial charge on any atom is -0.379 e. The number of nitrogens with zero attached hydrogens (tertiary/aromatic N) is 1. The number of rotatable bonds is 10. The Labute approximate surface area is 184 Å². The highest BCUT2D eigenvalue weighted by molar-refractivity contribution is 7.89. The lowest BCUT2D eigenvalue weighted by Gasteiger charge is -2.34. The predicted molar refractivity (Wildman–Crippen MR) is 119 cm³/mol. The maximum absolute atomic E-state index is 12.6. The van der Waals surface area contributed by atoms with Gasteiger partial charge in [-0.1, -0.05) is 6.07 Å². The number of nitrogens with two attached hydrogens (primary N) is 1. The van der Waals surface area contributed by atoms with Crippen LogP contribution in [0.15, 0.2) is 29.2 Å². The number of hydrogen-bond donors (Lipinski definition) is 3. The number of benzene rings is 1. The van der Waals surface area contributed by atoms with Crippen LogP contribution in [-0.4, -0.2) is 63.5 Å². The van der Waals surface area contributed by atoms with Gasteiger partial charge in [0.2, 0.25) is 21.8 Å². The smallest absolute Gasteiger partial charge is 0.241 e. The number of sulfonamides is 1. The third kappa shape index (κ3) is 8.21. The van der Waals surface area contributed by atoms with E-state index in [1.807, 2.05) is 18.7 Å². The van der Waals surface area contributed by atoms with Crippen molar-refractivity contribution in [2.24, 2.45) is 11.1 Å². The third-order valence-electron chi connectivity index (χ3n) is 5.33. The van der Waals surface area contributed by atoms with Gasteiger partial charge in [-0.15, -0.1) is 0 Å². The molecule has 1 aromatic carbocycles. The van der Waals surface area contributed by atoms with E-state index in [9.17, 15) is 18.0 Å². The van der Waals surface area contributed by atoms with E-state index < -0.39 is 16.1 Å². The zero-order valence-electron chi connectivity index (χ0n) is 18.5. The Morgan fingerprint density at radius 1 is 1.23 bits per heavy atom. The molecule has 1 atom stereocenters. The molecular weight excluding hydrogens is 420 g/mol. The molecule has 0 aromatic heterocycles. The van der Waals surface area contributed by atoms with Crippen LogP contribution < -0.4 is 15.8 Å². The fourth-order valence-corrected chi connectivity index (χ4v) is 4.02. The molecule has 9 nitrogen and oxygen atoms in total. The third-order valence-corrected chi connectivity index (χ3v) is 6.24. The lowest BCUT2D eigenvalue weighted by Crippen LogP contribution is -2.48. The van der Waals surface area contributed by atoms with Gasteiger partial charge in [0.25, 0.3) is 0 Å². The molecular formula is C21H34N4O5S. The Balaban J connectivity index is 1.78. The quantitative estimate of drug-likeness (QED) is 0.457. The number of hydrogen-bond acceptors (Lipinski definition) is 6. The van der Waals surface area contributed by atoms with E-state index in [0.717, 1.165) is 6.42 Å². The van der Waals surface area contributed by atoms with Gasteiger partial charge >= 0.3 is 0 Å². The molecule has 174 valence electrons. The van der Waals surface area contributed by atoms with E-state index in [4.69, 9.17) is 9.88 Å². The van der Waals surface area contributed by atoms with Crippen LogP contribution in [0, 0.1) is 5.92 Å². The molecule has 0 aliphatic carbocycles. The molecule has 1 aromatic rings. The maximum Gasteiger partial charge on any atom is 0.241 e. The normalized spacial score (nSPS) is 16.8. The number of nitrogens with one attached hydrogen (secondary N) is 2. The maximum atomic E-state index is 12.6. The minimum atomic E-state index is -3.84. The molecule has 31 heavy (non-hydrogen) atoms. The van der Waals surface area contributed by atoms with Crippen molar-refractivity contribution in [1.82, 2.24) is 10.2 Å². The highest BCUT2D eigenvalue weighted by Gasteiger charge is 2.29. The molecule has 1 aliphatic heterocycles. The summed E-state index contributed by atoms with van der Waals surface area (Å²) >= 11 is 0. The summed E-state index contributed by atoms with van der Waals surface area (Å²) in [5, 5.41) is 10.8. The largest absolute Gasteiger partial charge is 0.379 e. The van der Waals surface area contributed by atoms with Crippen molar-refractivity contribution >= 4 is 27.5 Å². The SMILES string of the molecule is CC(C)OCCCNC(=O)C1CCN(C(C)C(=O)Nc2cccc(S(N)(=O)=O)c2)CC1. The monoisotopic (exact) mass is 454 g/mol. The molecule has 2 amide bonds. The fraction of sp³-hybridized carbons (Fsp3) is 0.619. The first-order valence-corrected chi connectivity index (χ1v) is 12.2. The number of likely N-dealkylation sites (tertiary alicyclic amines) is 1. The first-order valence-electron chi connectivity index (χ1n) is 10.6. The molecule has 4 N–H and O–H groups in total. The van der Waals surface area contributed by atoms with Crippen LogP contribution in [0.1, 0.15) is 40.0 Å². The van der Waals surface area contributed by atoms with Crippen molar-refractivity contribution in [1.29, 1.82) is 0 Å². The van der Waals surface area contributed by atoms with Crippen molar-refractivity contribution in [3.8, 4) is 0 Å². The van der Waals surface area contributed by atoms with Gasteiger partial charge in [-0.3, -0.25) is 14.5 Å². The van der Waals surface area contributed by atoms with Gasteiger partial charge in [0.15, 0.2) is 0 Å². The lowest BCUT2D eigenvalue weighted by atomic mass is 9.95. The number of amides is 2. The molecule has 0 bridgehead atoms. The van der Waals surface area contributed by atoms with Crippen LogP contribution in [0.5, 0.6) is 0 Å². The summed E-state index contributed by atoms with van der Waals surface area (Å²) in [6.07, 6.45) is 2.35. The number of carbonyl (C=O) groups is 2. The van der Waals surface area contributed by atoms with Crippen molar-refractivity contribution in [3.05, 3.63) is 24.3 Å². The van der Waals surface area contributed by atoms with E-state index >= 15 is 0 Å². The van der Waals surface area contributed by atoms with Crippen LogP contribution in [0.2, 0.25) is 0 Å². The average Bonchev–Trinajstić information content (AvgIpc) is 2.72. The summed E-state index contributed by atoms with van der Waals surface area (Å²) in [5.74, 6) is -0.232. The number of carbonyl (C=O) groups excluding carboxylic acids is 2. The predicted octanol–water partition coefficient (Wildman–Crippen LogP) is 1.30. The van der Waals surface area contributed by atoms with Crippen LogP contribution in [0.4, 0.5) is 5.69 Å². The summed E-state index contributed by atoms with van der Waals surface area (Å²) in [7, 11) is -3.84. The van der Waals surface area contributed by atoms with Crippen LogP contribution in [0.25, 0.3) is 0 Å². The van der Waals surface area contributed by atoms with Crippen LogP contribution in [0.3, 0.4) is 0 Å². The zero-order chi connectivity index (χ0) is 23.0. The lowest BCUT2D eigenvalue weighted by molar-refractivity contribution is -0.127. The Kier molecular flexibility index (Phi) is 9.42. The van der Waals surface area contributed by atoms with Gasteiger partial charge in [-0.2, -0.15) is 0 Å². The van der Waals surface area contributed by atoms with Crippen molar-refractivity contribution in [2.75, 3.05) is 31.6 Å².